The second-order valence-corrected chi connectivity index (χ2v) is 5.01. The van der Waals surface area contributed by atoms with Gasteiger partial charge >= 0.3 is 5.97 Å². The van der Waals surface area contributed by atoms with E-state index < -0.39 is 5.60 Å². The predicted octanol–water partition coefficient (Wildman–Crippen LogP) is 1.51. The topological polar surface area (TPSA) is 38.8 Å². The van der Waals surface area contributed by atoms with E-state index in [4.69, 9.17) is 9.47 Å². The molecule has 0 aromatic rings. The van der Waals surface area contributed by atoms with Crippen molar-refractivity contribution >= 4 is 5.97 Å². The largest absolute Gasteiger partial charge is 0.467 e. The maximum Gasteiger partial charge on any atom is 0.340 e. The van der Waals surface area contributed by atoms with Crippen molar-refractivity contribution in [2.45, 2.75) is 43.8 Å². The summed E-state index contributed by atoms with van der Waals surface area (Å²) in [6, 6.07) is 0. The predicted molar refractivity (Wildman–Crippen MR) is 49.7 cm³/mol. The highest BCUT2D eigenvalue weighted by Gasteiger charge is 2.79. The zero-order valence-electron chi connectivity index (χ0n) is 8.71. The Kier molecular flexibility index (Phi) is 1.45. The summed E-state index contributed by atoms with van der Waals surface area (Å²) in [7, 11) is 1.44. The maximum absolute atomic E-state index is 11.6. The molecule has 3 nitrogen and oxygen atoms in total. The molecule has 4 unspecified atom stereocenters. The standard InChI is InChI=1S/C11H16O3/c1-10(9(12)13-2)11(14-10)5-3-4-7-6-8(7)11/h7-8H,3-6H2,1-2H3. The number of carbonyl (C=O) groups is 1. The number of methoxy groups -OCH3 is 1. The molecule has 0 aromatic heterocycles. The van der Waals surface area contributed by atoms with Crippen molar-refractivity contribution in [1.82, 2.24) is 0 Å². The van der Waals surface area contributed by atoms with E-state index in [1.807, 2.05) is 6.92 Å². The Hall–Kier alpha value is -0.570. The number of epoxide rings is 1. The molecule has 1 aliphatic heterocycles. The van der Waals surface area contributed by atoms with Gasteiger partial charge in [0.25, 0.3) is 0 Å². The van der Waals surface area contributed by atoms with Gasteiger partial charge in [0, 0.05) is 0 Å². The highest BCUT2D eigenvalue weighted by molar-refractivity contribution is 5.84. The number of hydrogen-bond acceptors (Lipinski definition) is 3. The van der Waals surface area contributed by atoms with E-state index in [2.05, 4.69) is 0 Å². The number of hydrogen-bond donors (Lipinski definition) is 0. The summed E-state index contributed by atoms with van der Waals surface area (Å²) < 4.78 is 10.6. The van der Waals surface area contributed by atoms with E-state index in [0.717, 1.165) is 12.3 Å². The van der Waals surface area contributed by atoms with Crippen LogP contribution in [0.15, 0.2) is 0 Å². The van der Waals surface area contributed by atoms with Crippen LogP contribution in [0.4, 0.5) is 0 Å². The van der Waals surface area contributed by atoms with Crippen LogP contribution in [0, 0.1) is 11.8 Å². The Balaban J connectivity index is 1.84. The molecule has 1 heterocycles. The molecule has 3 aliphatic rings. The van der Waals surface area contributed by atoms with E-state index in [9.17, 15) is 4.79 Å². The minimum absolute atomic E-state index is 0.136. The first-order valence-corrected chi connectivity index (χ1v) is 5.43. The Bertz CT molecular complexity index is 301. The third-order valence-corrected chi connectivity index (χ3v) is 4.37. The van der Waals surface area contributed by atoms with Gasteiger partial charge in [-0.15, -0.1) is 0 Å². The van der Waals surface area contributed by atoms with Crippen LogP contribution < -0.4 is 0 Å². The molecule has 2 aliphatic carbocycles. The van der Waals surface area contributed by atoms with E-state index >= 15 is 0 Å². The van der Waals surface area contributed by atoms with Crippen LogP contribution in [0.5, 0.6) is 0 Å². The summed E-state index contributed by atoms with van der Waals surface area (Å²) in [5.74, 6) is 1.28. The average molecular weight is 196 g/mol. The minimum atomic E-state index is -0.623. The molecule has 14 heavy (non-hydrogen) atoms. The number of carbonyl (C=O) groups excluding carboxylic acids is 1. The molecule has 3 heteroatoms. The summed E-state index contributed by atoms with van der Waals surface area (Å²) >= 11 is 0. The van der Waals surface area contributed by atoms with Gasteiger partial charge in [0.1, 0.15) is 5.60 Å². The van der Waals surface area contributed by atoms with Gasteiger partial charge in [-0.05, 0) is 38.0 Å². The van der Waals surface area contributed by atoms with Crippen molar-refractivity contribution in [3.63, 3.8) is 0 Å². The summed E-state index contributed by atoms with van der Waals surface area (Å²) in [5, 5.41) is 0. The minimum Gasteiger partial charge on any atom is -0.467 e. The van der Waals surface area contributed by atoms with Crippen molar-refractivity contribution in [3.05, 3.63) is 0 Å². The molecule has 0 amide bonds. The lowest BCUT2D eigenvalue weighted by Crippen LogP contribution is -2.35. The first-order chi connectivity index (χ1) is 6.64. The van der Waals surface area contributed by atoms with Crippen molar-refractivity contribution in [3.8, 4) is 0 Å². The summed E-state index contributed by atoms with van der Waals surface area (Å²) in [6.45, 7) is 1.89. The van der Waals surface area contributed by atoms with Crippen LogP contribution in [0.2, 0.25) is 0 Å². The molecule has 2 saturated carbocycles. The SMILES string of the molecule is COC(=O)C1(C)OC12CCCC1CC12. The van der Waals surface area contributed by atoms with Crippen LogP contribution in [0.1, 0.15) is 32.6 Å². The molecule has 0 aromatic carbocycles. The quantitative estimate of drug-likeness (QED) is 0.471. The van der Waals surface area contributed by atoms with Gasteiger partial charge in [0.2, 0.25) is 0 Å². The van der Waals surface area contributed by atoms with E-state index in [1.165, 1.54) is 26.4 Å². The van der Waals surface area contributed by atoms with E-state index in [0.29, 0.717) is 5.92 Å². The number of fused-ring (bicyclic) bond motifs is 2. The zero-order valence-corrected chi connectivity index (χ0v) is 8.71. The van der Waals surface area contributed by atoms with Crippen LogP contribution in [0.25, 0.3) is 0 Å². The molecular weight excluding hydrogens is 180 g/mol. The molecule has 1 saturated heterocycles. The summed E-state index contributed by atoms with van der Waals surface area (Å²) in [6.07, 6.45) is 4.83. The fraction of sp³-hybridized carbons (Fsp3) is 0.909. The average Bonchev–Trinajstić information content (AvgIpc) is 3.04. The first kappa shape index (κ1) is 8.72. The van der Waals surface area contributed by atoms with Gasteiger partial charge in [-0.25, -0.2) is 4.79 Å². The van der Waals surface area contributed by atoms with Crippen molar-refractivity contribution in [1.29, 1.82) is 0 Å². The second kappa shape index (κ2) is 2.32. The smallest absolute Gasteiger partial charge is 0.340 e. The number of esters is 1. The summed E-state index contributed by atoms with van der Waals surface area (Å²) in [4.78, 5) is 11.6. The van der Waals surface area contributed by atoms with Crippen LogP contribution >= 0.6 is 0 Å². The molecule has 3 fully saturated rings. The first-order valence-electron chi connectivity index (χ1n) is 5.43. The molecule has 4 atom stereocenters. The molecule has 3 rings (SSSR count). The van der Waals surface area contributed by atoms with Crippen molar-refractivity contribution in [2.75, 3.05) is 7.11 Å². The Morgan fingerprint density at radius 3 is 3.07 bits per heavy atom. The third kappa shape index (κ3) is 0.800. The molecule has 0 radical (unpaired) electrons. The fourth-order valence-electron chi connectivity index (χ4n) is 3.42. The van der Waals surface area contributed by atoms with Crippen LogP contribution in [-0.4, -0.2) is 24.3 Å². The van der Waals surface area contributed by atoms with Crippen molar-refractivity contribution < 1.29 is 14.3 Å². The van der Waals surface area contributed by atoms with Crippen LogP contribution in [0.3, 0.4) is 0 Å². The van der Waals surface area contributed by atoms with Gasteiger partial charge in [0.15, 0.2) is 5.60 Å². The normalized spacial score (nSPS) is 53.9. The van der Waals surface area contributed by atoms with Gasteiger partial charge in [-0.3, -0.25) is 0 Å². The van der Waals surface area contributed by atoms with E-state index in [-0.39, 0.29) is 11.6 Å². The Labute approximate surface area is 83.8 Å². The number of rotatable bonds is 1. The lowest BCUT2D eigenvalue weighted by atomic mass is 9.80. The zero-order chi connectivity index (χ0) is 9.97. The molecule has 1 spiro atoms. The van der Waals surface area contributed by atoms with Crippen molar-refractivity contribution in [2.24, 2.45) is 11.8 Å². The maximum atomic E-state index is 11.6. The Morgan fingerprint density at radius 2 is 2.36 bits per heavy atom. The molecular formula is C11H16O3. The van der Waals surface area contributed by atoms with E-state index in [1.54, 1.807) is 0 Å². The molecule has 78 valence electrons. The Morgan fingerprint density at radius 1 is 1.57 bits per heavy atom. The highest BCUT2D eigenvalue weighted by Crippen LogP contribution is 2.69. The lowest BCUT2D eigenvalue weighted by Gasteiger charge is -2.20. The van der Waals surface area contributed by atoms with Gasteiger partial charge in [-0.2, -0.15) is 0 Å². The third-order valence-electron chi connectivity index (χ3n) is 4.37. The van der Waals surface area contributed by atoms with Gasteiger partial charge in [0.05, 0.1) is 7.11 Å². The summed E-state index contributed by atoms with van der Waals surface area (Å²) in [5.41, 5.74) is -0.759. The molecule has 0 bridgehead atoms. The second-order valence-electron chi connectivity index (χ2n) is 5.01. The van der Waals surface area contributed by atoms with Gasteiger partial charge in [-0.1, -0.05) is 6.42 Å². The lowest BCUT2D eigenvalue weighted by molar-refractivity contribution is -0.146. The number of ether oxygens (including phenoxy) is 2. The van der Waals surface area contributed by atoms with Crippen LogP contribution in [-0.2, 0) is 14.3 Å². The highest BCUT2D eigenvalue weighted by atomic mass is 16.7. The fourth-order valence-corrected chi connectivity index (χ4v) is 3.42. The monoisotopic (exact) mass is 196 g/mol. The molecule has 0 N–H and O–H groups in total. The van der Waals surface area contributed by atoms with Gasteiger partial charge < -0.3 is 9.47 Å².